The standard InChI is InChI=1S/C25H27N3O3/c1-19(20-10-6-4-7-11-20)16-26(2)25(31)21-14-15-23(29)28(17-21)18-24(30)27(3)22-12-8-5-9-13-22/h4-15,17,19H,16,18H2,1-3H3. The Morgan fingerprint density at radius 1 is 0.903 bits per heavy atom. The lowest BCUT2D eigenvalue weighted by Gasteiger charge is -2.22. The van der Waals surface area contributed by atoms with Gasteiger partial charge in [-0.1, -0.05) is 55.5 Å². The molecule has 0 saturated heterocycles. The first kappa shape index (κ1) is 22.0. The summed E-state index contributed by atoms with van der Waals surface area (Å²) >= 11 is 0. The molecule has 2 amide bonds. The molecule has 0 radical (unpaired) electrons. The van der Waals surface area contributed by atoms with Gasteiger partial charge in [-0.05, 0) is 29.7 Å². The number of amides is 2. The molecule has 6 heteroatoms. The van der Waals surface area contributed by atoms with Crippen LogP contribution in [-0.2, 0) is 11.3 Å². The second-order valence-electron chi connectivity index (χ2n) is 7.67. The molecule has 3 aromatic rings. The molecule has 0 bridgehead atoms. The van der Waals surface area contributed by atoms with Crippen LogP contribution in [0, 0.1) is 0 Å². The van der Waals surface area contributed by atoms with Crippen molar-refractivity contribution < 1.29 is 9.59 Å². The van der Waals surface area contributed by atoms with Gasteiger partial charge in [0.25, 0.3) is 11.5 Å². The zero-order chi connectivity index (χ0) is 22.4. The van der Waals surface area contributed by atoms with Crippen LogP contribution >= 0.6 is 0 Å². The van der Waals surface area contributed by atoms with E-state index in [-0.39, 0.29) is 29.8 Å². The van der Waals surface area contributed by atoms with Crippen molar-refractivity contribution >= 4 is 17.5 Å². The Morgan fingerprint density at radius 3 is 2.16 bits per heavy atom. The smallest absolute Gasteiger partial charge is 0.255 e. The molecule has 1 atom stereocenters. The number of hydrogen-bond donors (Lipinski definition) is 0. The summed E-state index contributed by atoms with van der Waals surface area (Å²) in [5, 5.41) is 0. The molecule has 1 aromatic heterocycles. The monoisotopic (exact) mass is 417 g/mol. The van der Waals surface area contributed by atoms with Gasteiger partial charge < -0.3 is 14.4 Å². The number of nitrogens with zero attached hydrogens (tertiary/aromatic N) is 3. The first-order valence-corrected chi connectivity index (χ1v) is 10.2. The summed E-state index contributed by atoms with van der Waals surface area (Å²) in [5.41, 5.74) is 1.94. The number of para-hydroxylation sites is 1. The molecule has 0 N–H and O–H groups in total. The summed E-state index contributed by atoms with van der Waals surface area (Å²) in [5.74, 6) is -0.272. The van der Waals surface area contributed by atoms with Gasteiger partial charge in [-0.3, -0.25) is 14.4 Å². The molecular formula is C25H27N3O3. The number of aromatic nitrogens is 1. The molecule has 0 aliphatic rings. The van der Waals surface area contributed by atoms with E-state index in [1.165, 1.54) is 27.8 Å². The minimum atomic E-state index is -0.327. The minimum absolute atomic E-state index is 0.143. The van der Waals surface area contributed by atoms with Gasteiger partial charge in [0, 0.05) is 38.6 Å². The number of rotatable bonds is 7. The Bertz CT molecular complexity index is 1090. The fourth-order valence-electron chi connectivity index (χ4n) is 3.43. The molecule has 31 heavy (non-hydrogen) atoms. The molecular weight excluding hydrogens is 390 g/mol. The Balaban J connectivity index is 1.71. The van der Waals surface area contributed by atoms with Crippen LogP contribution in [0.25, 0.3) is 0 Å². The van der Waals surface area contributed by atoms with Gasteiger partial charge in [0.2, 0.25) is 5.91 Å². The van der Waals surface area contributed by atoms with Crippen LogP contribution in [0.3, 0.4) is 0 Å². The van der Waals surface area contributed by atoms with Crippen molar-refractivity contribution in [2.75, 3.05) is 25.5 Å². The van der Waals surface area contributed by atoms with Gasteiger partial charge in [0.15, 0.2) is 0 Å². The predicted octanol–water partition coefficient (Wildman–Crippen LogP) is 3.39. The molecule has 0 aliphatic heterocycles. The van der Waals surface area contributed by atoms with E-state index in [2.05, 4.69) is 6.92 Å². The van der Waals surface area contributed by atoms with Crippen LogP contribution in [0.5, 0.6) is 0 Å². The van der Waals surface area contributed by atoms with Crippen molar-refractivity contribution in [3.63, 3.8) is 0 Å². The third kappa shape index (κ3) is 5.48. The Labute approximate surface area is 182 Å². The topological polar surface area (TPSA) is 62.6 Å². The van der Waals surface area contributed by atoms with Crippen molar-refractivity contribution in [1.29, 1.82) is 0 Å². The predicted molar refractivity (Wildman–Crippen MR) is 122 cm³/mol. The van der Waals surface area contributed by atoms with Crippen LogP contribution in [0.15, 0.2) is 83.8 Å². The highest BCUT2D eigenvalue weighted by molar-refractivity contribution is 5.94. The number of pyridine rings is 1. The average molecular weight is 418 g/mol. The maximum absolute atomic E-state index is 12.9. The van der Waals surface area contributed by atoms with Crippen molar-refractivity contribution in [3.8, 4) is 0 Å². The lowest BCUT2D eigenvalue weighted by atomic mass is 10.0. The Kier molecular flexibility index (Phi) is 7.03. The Morgan fingerprint density at radius 2 is 1.52 bits per heavy atom. The number of carbonyl (C=O) groups is 2. The van der Waals surface area contributed by atoms with Crippen molar-refractivity contribution in [2.45, 2.75) is 19.4 Å². The highest BCUT2D eigenvalue weighted by Gasteiger charge is 2.18. The number of carbonyl (C=O) groups excluding carboxylic acids is 2. The molecule has 0 fully saturated rings. The van der Waals surface area contributed by atoms with Gasteiger partial charge in [-0.25, -0.2) is 0 Å². The molecule has 1 heterocycles. The van der Waals surface area contributed by atoms with Crippen LogP contribution in [0.1, 0.15) is 28.8 Å². The van der Waals surface area contributed by atoms with Gasteiger partial charge in [0.05, 0.1) is 5.56 Å². The zero-order valence-corrected chi connectivity index (χ0v) is 18.1. The fraction of sp³-hybridized carbons (Fsp3) is 0.240. The highest BCUT2D eigenvalue weighted by atomic mass is 16.2. The van der Waals surface area contributed by atoms with Crippen LogP contribution in [0.2, 0.25) is 0 Å². The van der Waals surface area contributed by atoms with E-state index < -0.39 is 0 Å². The fourth-order valence-corrected chi connectivity index (χ4v) is 3.43. The Hall–Kier alpha value is -3.67. The third-order valence-corrected chi connectivity index (χ3v) is 5.32. The zero-order valence-electron chi connectivity index (χ0n) is 18.1. The van der Waals surface area contributed by atoms with Crippen molar-refractivity contribution in [3.05, 3.63) is 100 Å². The second kappa shape index (κ2) is 9.89. The number of anilines is 1. The summed E-state index contributed by atoms with van der Waals surface area (Å²) < 4.78 is 1.28. The van der Waals surface area contributed by atoms with Crippen LogP contribution in [-0.4, -0.2) is 41.9 Å². The second-order valence-corrected chi connectivity index (χ2v) is 7.67. The summed E-state index contributed by atoms with van der Waals surface area (Å²) in [6.07, 6.45) is 1.46. The minimum Gasteiger partial charge on any atom is -0.341 e. The average Bonchev–Trinajstić information content (AvgIpc) is 2.80. The van der Waals surface area contributed by atoms with Crippen molar-refractivity contribution in [1.82, 2.24) is 9.47 Å². The number of hydrogen-bond acceptors (Lipinski definition) is 3. The lowest BCUT2D eigenvalue weighted by molar-refractivity contribution is -0.118. The van der Waals surface area contributed by atoms with E-state index >= 15 is 0 Å². The summed E-state index contributed by atoms with van der Waals surface area (Å²) in [4.78, 5) is 41.0. The molecule has 3 rings (SSSR count). The molecule has 0 spiro atoms. The van der Waals surface area contributed by atoms with Crippen LogP contribution < -0.4 is 10.5 Å². The van der Waals surface area contributed by atoms with E-state index in [4.69, 9.17) is 0 Å². The van der Waals surface area contributed by atoms with Gasteiger partial charge in [-0.15, -0.1) is 0 Å². The molecule has 0 saturated carbocycles. The number of benzene rings is 2. The molecule has 6 nitrogen and oxygen atoms in total. The van der Waals surface area contributed by atoms with E-state index in [9.17, 15) is 14.4 Å². The summed E-state index contributed by atoms with van der Waals surface area (Å²) in [7, 11) is 3.40. The molecule has 1 unspecified atom stereocenters. The summed E-state index contributed by atoms with van der Waals surface area (Å²) in [6.45, 7) is 2.46. The first-order valence-electron chi connectivity index (χ1n) is 10.2. The van der Waals surface area contributed by atoms with E-state index in [1.807, 2.05) is 60.7 Å². The highest BCUT2D eigenvalue weighted by Crippen LogP contribution is 2.17. The summed E-state index contributed by atoms with van der Waals surface area (Å²) in [6, 6.07) is 22.0. The quantitative estimate of drug-likeness (QED) is 0.592. The van der Waals surface area contributed by atoms with Gasteiger partial charge >= 0.3 is 0 Å². The SMILES string of the molecule is CC(CN(C)C(=O)c1ccc(=O)n(CC(=O)N(C)c2ccccc2)c1)c1ccccc1. The van der Waals surface area contributed by atoms with Gasteiger partial charge in [0.1, 0.15) is 6.54 Å². The maximum Gasteiger partial charge on any atom is 0.255 e. The first-order chi connectivity index (χ1) is 14.9. The van der Waals surface area contributed by atoms with Gasteiger partial charge in [-0.2, -0.15) is 0 Å². The largest absolute Gasteiger partial charge is 0.341 e. The molecule has 160 valence electrons. The third-order valence-electron chi connectivity index (χ3n) is 5.32. The van der Waals surface area contributed by atoms with E-state index in [0.717, 1.165) is 11.3 Å². The lowest BCUT2D eigenvalue weighted by Crippen LogP contribution is -2.35. The molecule has 0 aliphatic carbocycles. The van der Waals surface area contributed by atoms with E-state index in [1.54, 1.807) is 19.0 Å². The number of likely N-dealkylation sites (N-methyl/N-ethyl adjacent to an activating group) is 2. The molecule has 2 aromatic carbocycles. The van der Waals surface area contributed by atoms with E-state index in [0.29, 0.717) is 12.1 Å². The maximum atomic E-state index is 12.9. The van der Waals surface area contributed by atoms with Crippen LogP contribution in [0.4, 0.5) is 5.69 Å². The van der Waals surface area contributed by atoms with Crippen molar-refractivity contribution in [2.24, 2.45) is 0 Å². The normalized spacial score (nSPS) is 11.6.